The lowest BCUT2D eigenvalue weighted by molar-refractivity contribution is 0.110. The van der Waals surface area contributed by atoms with Crippen LogP contribution in [-0.2, 0) is 5.88 Å². The van der Waals surface area contributed by atoms with Crippen LogP contribution >= 0.6 is 27.5 Å². The molecule has 0 bridgehead atoms. The van der Waals surface area contributed by atoms with Crippen molar-refractivity contribution in [3.8, 4) is 0 Å². The van der Waals surface area contributed by atoms with Gasteiger partial charge in [-0.1, -0.05) is 0 Å². The highest BCUT2D eigenvalue weighted by Crippen LogP contribution is 2.26. The highest BCUT2D eigenvalue weighted by Gasteiger charge is 2.17. The predicted molar refractivity (Wildman–Crippen MR) is 51.8 cm³/mol. The minimum Gasteiger partial charge on any atom is -0.298 e. The highest BCUT2D eigenvalue weighted by atomic mass is 79.9. The van der Waals surface area contributed by atoms with Gasteiger partial charge in [0.1, 0.15) is 4.60 Å². The second kappa shape index (κ2) is 4.79. The summed E-state index contributed by atoms with van der Waals surface area (Å²) in [6.45, 7) is 0. The van der Waals surface area contributed by atoms with Crippen molar-refractivity contribution in [1.29, 1.82) is 0 Å². The van der Waals surface area contributed by atoms with Crippen LogP contribution in [0.2, 0.25) is 0 Å². The minimum atomic E-state index is -2.71. The van der Waals surface area contributed by atoms with Gasteiger partial charge in [0.15, 0.2) is 6.29 Å². The van der Waals surface area contributed by atoms with Crippen molar-refractivity contribution >= 4 is 33.8 Å². The van der Waals surface area contributed by atoms with Crippen molar-refractivity contribution < 1.29 is 13.6 Å². The van der Waals surface area contributed by atoms with E-state index < -0.39 is 6.43 Å². The van der Waals surface area contributed by atoms with Crippen molar-refractivity contribution in [2.45, 2.75) is 12.3 Å². The number of carbonyl (C=O) groups is 1. The number of pyridine rings is 1. The van der Waals surface area contributed by atoms with Crippen molar-refractivity contribution in [3.63, 3.8) is 0 Å². The summed E-state index contributed by atoms with van der Waals surface area (Å²) in [6, 6.07) is 1.12. The van der Waals surface area contributed by atoms with Crippen LogP contribution in [0, 0.1) is 0 Å². The van der Waals surface area contributed by atoms with Gasteiger partial charge < -0.3 is 0 Å². The molecule has 0 radical (unpaired) electrons. The number of aromatic nitrogens is 1. The zero-order valence-corrected chi connectivity index (χ0v) is 9.15. The zero-order valence-electron chi connectivity index (χ0n) is 6.81. The van der Waals surface area contributed by atoms with E-state index in [1.807, 2.05) is 0 Å². The number of halogens is 4. The van der Waals surface area contributed by atoms with Gasteiger partial charge in [-0.2, -0.15) is 0 Å². The van der Waals surface area contributed by atoms with Gasteiger partial charge in [-0.3, -0.25) is 4.79 Å². The van der Waals surface area contributed by atoms with E-state index in [0.717, 1.165) is 6.07 Å². The first-order valence-corrected chi connectivity index (χ1v) is 4.91. The van der Waals surface area contributed by atoms with Gasteiger partial charge in [-0.05, 0) is 22.0 Å². The number of carbonyl (C=O) groups excluding carboxylic acids is 1. The Morgan fingerprint density at radius 3 is 2.71 bits per heavy atom. The number of nitrogens with zero attached hydrogens (tertiary/aromatic N) is 1. The van der Waals surface area contributed by atoms with Gasteiger partial charge in [0.05, 0.1) is 11.6 Å². The van der Waals surface area contributed by atoms with Gasteiger partial charge in [0.25, 0.3) is 6.43 Å². The molecule has 0 fully saturated rings. The molecule has 0 aromatic carbocycles. The molecule has 0 atom stereocenters. The second-order valence-electron chi connectivity index (χ2n) is 2.45. The van der Waals surface area contributed by atoms with E-state index >= 15 is 0 Å². The first-order chi connectivity index (χ1) is 6.60. The maximum Gasteiger partial charge on any atom is 0.264 e. The molecule has 0 saturated carbocycles. The molecule has 6 heteroatoms. The van der Waals surface area contributed by atoms with Crippen LogP contribution in [0.25, 0.3) is 0 Å². The Kier molecular flexibility index (Phi) is 3.95. The summed E-state index contributed by atoms with van der Waals surface area (Å²) < 4.78 is 25.2. The fourth-order valence-corrected chi connectivity index (χ4v) is 1.68. The SMILES string of the molecule is O=Cc1c(C(F)F)cc(Br)nc1CCl. The molecule has 2 nitrogen and oxygen atoms in total. The molecule has 76 valence electrons. The standard InChI is InChI=1S/C8H5BrClF2NO/c9-7-1-4(8(11)12)5(3-14)6(2-10)13-7/h1,3,8H,2H2. The number of alkyl halides is 3. The molecule has 1 aromatic rings. The average molecular weight is 284 g/mol. The van der Waals surface area contributed by atoms with Crippen molar-refractivity contribution in [3.05, 3.63) is 27.5 Å². The molecule has 1 aromatic heterocycles. The van der Waals surface area contributed by atoms with E-state index in [9.17, 15) is 13.6 Å². The van der Waals surface area contributed by atoms with Crippen LogP contribution in [0.4, 0.5) is 8.78 Å². The van der Waals surface area contributed by atoms with Gasteiger partial charge >= 0.3 is 0 Å². The molecule has 0 aliphatic carbocycles. The molecule has 1 rings (SSSR count). The highest BCUT2D eigenvalue weighted by molar-refractivity contribution is 9.10. The Bertz CT molecular complexity index is 359. The molecule has 0 aliphatic rings. The van der Waals surface area contributed by atoms with Crippen LogP contribution in [0.15, 0.2) is 10.7 Å². The predicted octanol–water partition coefficient (Wildman–Crippen LogP) is 3.33. The summed E-state index contributed by atoms with van der Waals surface area (Å²) in [4.78, 5) is 14.4. The minimum absolute atomic E-state index is 0.0762. The van der Waals surface area contributed by atoms with Crippen LogP contribution in [0.5, 0.6) is 0 Å². The lowest BCUT2D eigenvalue weighted by Crippen LogP contribution is -2.01. The molecule has 0 saturated heterocycles. The summed E-state index contributed by atoms with van der Waals surface area (Å²) in [5, 5.41) is 0. The van der Waals surface area contributed by atoms with Crippen LogP contribution < -0.4 is 0 Å². The number of hydrogen-bond acceptors (Lipinski definition) is 2. The van der Waals surface area contributed by atoms with Crippen LogP contribution in [0.1, 0.15) is 28.0 Å². The van der Waals surface area contributed by atoms with Gasteiger partial charge in [0, 0.05) is 11.1 Å². The molecular formula is C8H5BrClF2NO. The monoisotopic (exact) mass is 283 g/mol. The molecule has 0 unspecified atom stereocenters. The van der Waals surface area contributed by atoms with E-state index in [1.54, 1.807) is 0 Å². The molecule has 1 heterocycles. The van der Waals surface area contributed by atoms with Crippen LogP contribution in [-0.4, -0.2) is 11.3 Å². The first-order valence-electron chi connectivity index (χ1n) is 3.58. The van der Waals surface area contributed by atoms with Crippen molar-refractivity contribution in [2.24, 2.45) is 0 Å². The van der Waals surface area contributed by atoms with Crippen molar-refractivity contribution in [2.75, 3.05) is 0 Å². The smallest absolute Gasteiger partial charge is 0.264 e. The Hall–Kier alpha value is -0.550. The normalized spacial score (nSPS) is 10.6. The molecule has 0 N–H and O–H groups in total. The maximum atomic E-state index is 12.5. The fraction of sp³-hybridized carbons (Fsp3) is 0.250. The first kappa shape index (κ1) is 11.5. The second-order valence-corrected chi connectivity index (χ2v) is 3.53. The maximum absolute atomic E-state index is 12.5. The Balaban J connectivity index is 3.39. The van der Waals surface area contributed by atoms with E-state index in [4.69, 9.17) is 11.6 Å². The Morgan fingerprint density at radius 2 is 2.29 bits per heavy atom. The molecule has 0 aliphatic heterocycles. The third-order valence-electron chi connectivity index (χ3n) is 1.62. The van der Waals surface area contributed by atoms with E-state index in [2.05, 4.69) is 20.9 Å². The number of rotatable bonds is 3. The quantitative estimate of drug-likeness (QED) is 0.484. The third-order valence-corrected chi connectivity index (χ3v) is 2.28. The van der Waals surface area contributed by atoms with E-state index in [1.165, 1.54) is 0 Å². The van der Waals surface area contributed by atoms with E-state index in [0.29, 0.717) is 6.29 Å². The Morgan fingerprint density at radius 1 is 1.64 bits per heavy atom. The van der Waals surface area contributed by atoms with Gasteiger partial charge in [0.2, 0.25) is 0 Å². The third kappa shape index (κ3) is 2.27. The van der Waals surface area contributed by atoms with Gasteiger partial charge in [-0.25, -0.2) is 13.8 Å². The summed E-state index contributed by atoms with van der Waals surface area (Å²) in [6.07, 6.45) is -2.37. The summed E-state index contributed by atoms with van der Waals surface area (Å²) in [5.74, 6) is -0.0762. The number of hydrogen-bond donors (Lipinski definition) is 0. The molecule has 14 heavy (non-hydrogen) atoms. The zero-order chi connectivity index (χ0) is 10.7. The molecular weight excluding hydrogens is 279 g/mol. The summed E-state index contributed by atoms with van der Waals surface area (Å²) in [7, 11) is 0. The fourth-order valence-electron chi connectivity index (χ4n) is 1.01. The average Bonchev–Trinajstić information content (AvgIpc) is 2.16. The lowest BCUT2D eigenvalue weighted by Gasteiger charge is -2.07. The molecule has 0 spiro atoms. The van der Waals surface area contributed by atoms with Crippen LogP contribution in [0.3, 0.4) is 0 Å². The largest absolute Gasteiger partial charge is 0.298 e. The molecule has 0 amide bonds. The lowest BCUT2D eigenvalue weighted by atomic mass is 10.1. The topological polar surface area (TPSA) is 30.0 Å². The van der Waals surface area contributed by atoms with Crippen molar-refractivity contribution in [1.82, 2.24) is 4.98 Å². The Labute approximate surface area is 92.4 Å². The van der Waals surface area contributed by atoms with Gasteiger partial charge in [-0.15, -0.1) is 11.6 Å². The van der Waals surface area contributed by atoms with E-state index in [-0.39, 0.29) is 27.3 Å². The summed E-state index contributed by atoms with van der Waals surface area (Å²) >= 11 is 8.44. The number of aldehydes is 1. The summed E-state index contributed by atoms with van der Waals surface area (Å²) in [5.41, 5.74) is -0.318.